The number of hydrogen-bond donors (Lipinski definition) is 2. The van der Waals surface area contributed by atoms with Crippen LogP contribution < -0.4 is 16.2 Å². The third-order valence-electron chi connectivity index (χ3n) is 4.55. The molecule has 1 aromatic heterocycles. The van der Waals surface area contributed by atoms with Crippen LogP contribution in [0.4, 0.5) is 0 Å². The fraction of sp³-hybridized carbons (Fsp3) is 0.412. The van der Waals surface area contributed by atoms with E-state index in [1.165, 1.54) is 0 Å². The fourth-order valence-corrected chi connectivity index (χ4v) is 3.68. The van der Waals surface area contributed by atoms with E-state index in [1.807, 2.05) is 18.3 Å². The van der Waals surface area contributed by atoms with Crippen molar-refractivity contribution < 1.29 is 0 Å². The molecule has 2 aliphatic heterocycles. The van der Waals surface area contributed by atoms with Crippen LogP contribution in [0.2, 0.25) is 5.02 Å². The molecule has 1 saturated heterocycles. The van der Waals surface area contributed by atoms with E-state index < -0.39 is 0 Å². The number of hydrogen-bond acceptors (Lipinski definition) is 4. The van der Waals surface area contributed by atoms with Gasteiger partial charge in [-0.3, -0.25) is 9.36 Å². The van der Waals surface area contributed by atoms with Gasteiger partial charge in [-0.2, -0.15) is 0 Å². The van der Waals surface area contributed by atoms with Gasteiger partial charge in [0.1, 0.15) is 5.82 Å². The maximum absolute atomic E-state index is 13.2. The summed E-state index contributed by atoms with van der Waals surface area (Å²) in [6.45, 7) is 1.91. The van der Waals surface area contributed by atoms with Crippen molar-refractivity contribution in [1.29, 1.82) is 0 Å². The molecule has 1 fully saturated rings. The van der Waals surface area contributed by atoms with Gasteiger partial charge in [-0.05, 0) is 44.4 Å². The Morgan fingerprint density at radius 2 is 2.17 bits per heavy atom. The Morgan fingerprint density at radius 1 is 1.26 bits per heavy atom. The Bertz CT molecular complexity index is 836. The fourth-order valence-electron chi connectivity index (χ4n) is 3.43. The highest BCUT2D eigenvalue weighted by atomic mass is 35.5. The molecule has 3 heterocycles. The van der Waals surface area contributed by atoms with E-state index in [0.29, 0.717) is 15.9 Å². The monoisotopic (exact) mass is 330 g/mol. The summed E-state index contributed by atoms with van der Waals surface area (Å²) in [5.41, 5.74) is 1.57. The molecule has 5 nitrogen and oxygen atoms in total. The number of allylic oxidation sites excluding steroid dienone is 1. The van der Waals surface area contributed by atoms with Gasteiger partial charge in [0.15, 0.2) is 0 Å². The van der Waals surface area contributed by atoms with Gasteiger partial charge in [-0.25, -0.2) is 4.98 Å². The number of nitrogens with one attached hydrogen (secondary N) is 2. The average Bonchev–Trinajstić information content (AvgIpc) is 3.09. The Labute approximate surface area is 139 Å². The van der Waals surface area contributed by atoms with Crippen LogP contribution >= 0.6 is 11.6 Å². The second-order valence-electron chi connectivity index (χ2n) is 6.09. The van der Waals surface area contributed by atoms with E-state index in [0.717, 1.165) is 50.3 Å². The van der Waals surface area contributed by atoms with E-state index in [1.54, 1.807) is 10.6 Å². The van der Waals surface area contributed by atoms with E-state index in [4.69, 9.17) is 16.6 Å². The van der Waals surface area contributed by atoms with E-state index in [2.05, 4.69) is 10.6 Å². The Kier molecular flexibility index (Phi) is 3.83. The minimum atomic E-state index is -0.0701. The van der Waals surface area contributed by atoms with Crippen molar-refractivity contribution >= 4 is 28.2 Å². The highest BCUT2D eigenvalue weighted by molar-refractivity contribution is 6.35. The molecule has 0 aliphatic carbocycles. The third-order valence-corrected chi connectivity index (χ3v) is 4.87. The molecule has 2 aromatic rings. The number of halogens is 1. The molecule has 0 saturated carbocycles. The number of nitrogens with zero attached hydrogens (tertiary/aromatic N) is 2. The average molecular weight is 331 g/mol. The molecule has 0 spiro atoms. The quantitative estimate of drug-likeness (QED) is 0.888. The van der Waals surface area contributed by atoms with Crippen LogP contribution in [-0.4, -0.2) is 22.6 Å². The van der Waals surface area contributed by atoms with Crippen molar-refractivity contribution in [1.82, 2.24) is 20.2 Å². The second kappa shape index (κ2) is 5.98. The zero-order chi connectivity index (χ0) is 15.8. The summed E-state index contributed by atoms with van der Waals surface area (Å²) < 4.78 is 1.77. The highest BCUT2D eigenvalue weighted by Gasteiger charge is 2.25. The molecule has 120 valence electrons. The number of rotatable bonds is 2. The molecule has 0 radical (unpaired) electrons. The van der Waals surface area contributed by atoms with Gasteiger partial charge in [-0.1, -0.05) is 17.7 Å². The van der Waals surface area contributed by atoms with Crippen molar-refractivity contribution in [3.05, 3.63) is 45.6 Å². The lowest BCUT2D eigenvalue weighted by atomic mass is 10.1. The maximum Gasteiger partial charge on any atom is 0.267 e. The predicted octanol–water partition coefficient (Wildman–Crippen LogP) is 2.66. The van der Waals surface area contributed by atoms with E-state index >= 15 is 0 Å². The topological polar surface area (TPSA) is 59.0 Å². The summed E-state index contributed by atoms with van der Waals surface area (Å²) >= 11 is 6.28. The van der Waals surface area contributed by atoms with Crippen LogP contribution in [0.1, 0.15) is 37.5 Å². The zero-order valence-corrected chi connectivity index (χ0v) is 13.6. The van der Waals surface area contributed by atoms with Gasteiger partial charge < -0.3 is 10.6 Å². The molecule has 2 aliphatic rings. The van der Waals surface area contributed by atoms with Gasteiger partial charge in [0.05, 0.1) is 22.0 Å². The lowest BCUT2D eigenvalue weighted by Crippen LogP contribution is -2.31. The zero-order valence-electron chi connectivity index (χ0n) is 12.8. The van der Waals surface area contributed by atoms with Crippen molar-refractivity contribution in [3.8, 4) is 0 Å². The molecule has 0 amide bonds. The van der Waals surface area contributed by atoms with E-state index in [9.17, 15) is 4.79 Å². The molecule has 1 unspecified atom stereocenters. The van der Waals surface area contributed by atoms with Crippen LogP contribution in [0.5, 0.6) is 0 Å². The van der Waals surface area contributed by atoms with Gasteiger partial charge in [0.25, 0.3) is 5.56 Å². The van der Waals surface area contributed by atoms with Crippen LogP contribution in [0.3, 0.4) is 0 Å². The number of benzene rings is 1. The SMILES string of the molecule is O=c1c2c(Cl)cccc2nc(C2CCCN2)n1C1=CNCCC1. The molecule has 1 aromatic carbocycles. The van der Waals surface area contributed by atoms with E-state index in [-0.39, 0.29) is 11.6 Å². The summed E-state index contributed by atoms with van der Waals surface area (Å²) in [5.74, 6) is 0.803. The molecular weight excluding hydrogens is 312 g/mol. The summed E-state index contributed by atoms with van der Waals surface area (Å²) in [6, 6.07) is 5.57. The van der Waals surface area contributed by atoms with Gasteiger partial charge in [0.2, 0.25) is 0 Å². The first kappa shape index (κ1) is 14.7. The smallest absolute Gasteiger partial charge is 0.267 e. The van der Waals surface area contributed by atoms with Crippen molar-refractivity contribution in [2.75, 3.05) is 13.1 Å². The highest BCUT2D eigenvalue weighted by Crippen LogP contribution is 2.27. The first-order valence-corrected chi connectivity index (χ1v) is 8.51. The summed E-state index contributed by atoms with van der Waals surface area (Å²) in [4.78, 5) is 18.0. The van der Waals surface area contributed by atoms with Crippen LogP contribution in [-0.2, 0) is 0 Å². The molecular formula is C17H19ClN4O. The first-order valence-electron chi connectivity index (χ1n) is 8.13. The van der Waals surface area contributed by atoms with Crippen LogP contribution in [0, 0.1) is 0 Å². The second-order valence-corrected chi connectivity index (χ2v) is 6.49. The van der Waals surface area contributed by atoms with Crippen molar-refractivity contribution in [3.63, 3.8) is 0 Å². The Balaban J connectivity index is 2.01. The Hall–Kier alpha value is -1.85. The molecule has 0 bridgehead atoms. The Morgan fingerprint density at radius 3 is 2.91 bits per heavy atom. The lowest BCUT2D eigenvalue weighted by molar-refractivity contribution is 0.577. The number of fused-ring (bicyclic) bond motifs is 1. The molecule has 6 heteroatoms. The summed E-state index contributed by atoms with van der Waals surface area (Å²) in [5, 5.41) is 7.66. The maximum atomic E-state index is 13.2. The minimum Gasteiger partial charge on any atom is -0.389 e. The molecule has 23 heavy (non-hydrogen) atoms. The van der Waals surface area contributed by atoms with Gasteiger partial charge >= 0.3 is 0 Å². The van der Waals surface area contributed by atoms with Gasteiger partial charge in [0, 0.05) is 18.4 Å². The number of aromatic nitrogens is 2. The first-order chi connectivity index (χ1) is 11.3. The molecule has 2 N–H and O–H groups in total. The summed E-state index contributed by atoms with van der Waals surface area (Å²) in [6.07, 6.45) is 5.92. The lowest BCUT2D eigenvalue weighted by Gasteiger charge is -2.22. The van der Waals surface area contributed by atoms with Crippen molar-refractivity contribution in [2.45, 2.75) is 31.7 Å². The largest absolute Gasteiger partial charge is 0.389 e. The van der Waals surface area contributed by atoms with Crippen LogP contribution in [0.15, 0.2) is 29.2 Å². The molecule has 4 rings (SSSR count). The standard InChI is InChI=1S/C17H19ClN4O/c18-12-5-1-6-13-15(12)17(23)22(11-4-2-8-19-10-11)16(21-13)14-7-3-9-20-14/h1,5-6,10,14,19-20H,2-4,7-9H2. The molecule has 1 atom stereocenters. The van der Waals surface area contributed by atoms with Crippen molar-refractivity contribution in [2.24, 2.45) is 0 Å². The third kappa shape index (κ3) is 2.54. The van der Waals surface area contributed by atoms with Gasteiger partial charge in [-0.15, -0.1) is 0 Å². The summed E-state index contributed by atoms with van der Waals surface area (Å²) in [7, 11) is 0. The minimum absolute atomic E-state index is 0.0701. The van der Waals surface area contributed by atoms with Crippen LogP contribution in [0.25, 0.3) is 16.6 Å². The predicted molar refractivity (Wildman–Crippen MR) is 92.5 cm³/mol. The normalized spacial score (nSPS) is 21.3.